The lowest BCUT2D eigenvalue weighted by atomic mass is 9.93. The number of ether oxygens (including phenoxy) is 2. The van der Waals surface area contributed by atoms with Crippen LogP contribution in [0.15, 0.2) is 24.3 Å². The van der Waals surface area contributed by atoms with Crippen molar-refractivity contribution in [2.24, 2.45) is 0 Å². The molecule has 0 spiro atoms. The fourth-order valence-electron chi connectivity index (χ4n) is 3.63. The van der Waals surface area contributed by atoms with Crippen molar-refractivity contribution in [2.45, 2.75) is 18.6 Å². The van der Waals surface area contributed by atoms with Crippen molar-refractivity contribution in [1.29, 1.82) is 0 Å². The molecule has 0 radical (unpaired) electrons. The van der Waals surface area contributed by atoms with Crippen LogP contribution in [0.4, 0.5) is 8.78 Å². The minimum atomic E-state index is -1.69. The molecule has 0 saturated carbocycles. The van der Waals surface area contributed by atoms with Gasteiger partial charge >= 0.3 is 5.97 Å². The Morgan fingerprint density at radius 3 is 2.06 bits per heavy atom. The largest absolute Gasteiger partial charge is 0.508 e. The van der Waals surface area contributed by atoms with Crippen LogP contribution >= 0.6 is 0 Å². The monoisotopic (exact) mass is 494 g/mol. The Bertz CT molecular complexity index is 1370. The molecule has 0 fully saturated rings. The second-order valence-corrected chi connectivity index (χ2v) is 7.58. The Hall–Kier alpha value is -4.81. The fourth-order valence-corrected chi connectivity index (χ4v) is 3.63. The molecule has 13 heteroatoms. The Morgan fingerprint density at radius 2 is 1.40 bits per heavy atom. The van der Waals surface area contributed by atoms with Crippen LogP contribution in [0.25, 0.3) is 0 Å². The van der Waals surface area contributed by atoms with E-state index in [1.54, 1.807) is 0 Å². The van der Waals surface area contributed by atoms with Crippen molar-refractivity contribution in [3.63, 3.8) is 0 Å². The standard InChI is InChI=1S/C22H16F2O11/c23-15-8(3-11(27)17(29)19(15)31)21-14(5-7-10(26)1-6(25)2-13(7)34-21)35-22(33)9-4-12(28)18(30)20(32)16(9)24/h1-4,14,21,25-32H,5H2/t14-,21+/m1/s1. The first-order valence-corrected chi connectivity index (χ1v) is 9.69. The van der Waals surface area contributed by atoms with Gasteiger partial charge in [0, 0.05) is 35.7 Å². The van der Waals surface area contributed by atoms with Crippen molar-refractivity contribution < 1.29 is 63.9 Å². The van der Waals surface area contributed by atoms with E-state index in [2.05, 4.69) is 0 Å². The van der Waals surface area contributed by atoms with Crippen LogP contribution in [0.5, 0.6) is 51.7 Å². The van der Waals surface area contributed by atoms with E-state index in [1.807, 2.05) is 0 Å². The zero-order chi connectivity index (χ0) is 25.8. The van der Waals surface area contributed by atoms with E-state index >= 15 is 0 Å². The Balaban J connectivity index is 1.81. The second-order valence-electron chi connectivity index (χ2n) is 7.58. The zero-order valence-electron chi connectivity index (χ0n) is 17.2. The van der Waals surface area contributed by atoms with Gasteiger partial charge < -0.3 is 50.3 Å². The van der Waals surface area contributed by atoms with Gasteiger partial charge in [0.05, 0.1) is 0 Å². The van der Waals surface area contributed by atoms with Gasteiger partial charge in [0.1, 0.15) is 28.9 Å². The van der Waals surface area contributed by atoms with Crippen molar-refractivity contribution in [2.75, 3.05) is 0 Å². The summed E-state index contributed by atoms with van der Waals surface area (Å²) in [7, 11) is 0. The highest BCUT2D eigenvalue weighted by atomic mass is 19.1. The number of rotatable bonds is 3. The summed E-state index contributed by atoms with van der Waals surface area (Å²) in [5.74, 6) is -12.9. The van der Waals surface area contributed by atoms with Crippen LogP contribution in [-0.4, -0.2) is 52.9 Å². The summed E-state index contributed by atoms with van der Waals surface area (Å²) in [4.78, 5) is 12.7. The van der Waals surface area contributed by atoms with E-state index in [1.165, 1.54) is 0 Å². The molecule has 0 amide bonds. The van der Waals surface area contributed by atoms with Gasteiger partial charge in [-0.1, -0.05) is 0 Å². The van der Waals surface area contributed by atoms with E-state index in [9.17, 15) is 54.4 Å². The third-order valence-electron chi connectivity index (χ3n) is 5.36. The molecule has 3 aromatic carbocycles. The topological polar surface area (TPSA) is 197 Å². The lowest BCUT2D eigenvalue weighted by Crippen LogP contribution is -2.35. The van der Waals surface area contributed by atoms with E-state index in [0.29, 0.717) is 12.1 Å². The molecule has 11 nitrogen and oxygen atoms in total. The minimum absolute atomic E-state index is 0.0126. The normalized spacial score (nSPS) is 16.9. The molecule has 0 bridgehead atoms. The number of carbonyl (C=O) groups excluding carboxylic acids is 1. The maximum atomic E-state index is 14.8. The molecule has 0 aromatic heterocycles. The zero-order valence-corrected chi connectivity index (χ0v) is 17.2. The van der Waals surface area contributed by atoms with E-state index in [0.717, 1.165) is 12.1 Å². The molecule has 4 rings (SSSR count). The highest BCUT2D eigenvalue weighted by molar-refractivity contribution is 5.91. The summed E-state index contributed by atoms with van der Waals surface area (Å²) < 4.78 is 40.0. The lowest BCUT2D eigenvalue weighted by molar-refractivity contribution is -0.0204. The molecule has 1 heterocycles. The van der Waals surface area contributed by atoms with E-state index in [4.69, 9.17) is 9.47 Å². The number of hydrogen-bond acceptors (Lipinski definition) is 11. The first-order valence-electron chi connectivity index (χ1n) is 9.69. The summed E-state index contributed by atoms with van der Waals surface area (Å²) >= 11 is 0. The van der Waals surface area contributed by atoms with Gasteiger partial charge in [0.15, 0.2) is 40.7 Å². The summed E-state index contributed by atoms with van der Waals surface area (Å²) in [6, 6.07) is 3.12. The average Bonchev–Trinajstić information content (AvgIpc) is 2.81. The summed E-state index contributed by atoms with van der Waals surface area (Å²) in [6.45, 7) is 0. The van der Waals surface area contributed by atoms with E-state index in [-0.39, 0.29) is 11.3 Å². The highest BCUT2D eigenvalue weighted by Crippen LogP contribution is 2.47. The number of phenols is 8. The first kappa shape index (κ1) is 23.4. The Labute approximate surface area is 193 Å². The molecule has 0 aliphatic carbocycles. The third-order valence-corrected chi connectivity index (χ3v) is 5.36. The number of esters is 1. The van der Waals surface area contributed by atoms with Crippen molar-refractivity contribution in [3.8, 4) is 51.7 Å². The first-order chi connectivity index (χ1) is 16.4. The molecule has 1 aliphatic rings. The maximum absolute atomic E-state index is 14.8. The van der Waals surface area contributed by atoms with Crippen molar-refractivity contribution in [3.05, 3.63) is 52.6 Å². The summed E-state index contributed by atoms with van der Waals surface area (Å²) in [5.41, 5.74) is -1.66. The molecule has 0 unspecified atom stereocenters. The molecular formula is C22H16F2O11. The number of hydrogen-bond donors (Lipinski definition) is 8. The lowest BCUT2D eigenvalue weighted by Gasteiger charge is -2.34. The van der Waals surface area contributed by atoms with Crippen LogP contribution in [0.2, 0.25) is 0 Å². The Kier molecular flexibility index (Phi) is 5.47. The van der Waals surface area contributed by atoms with Gasteiger partial charge in [-0.05, 0) is 6.07 Å². The molecule has 1 aliphatic heterocycles. The summed E-state index contributed by atoms with van der Waals surface area (Å²) in [5, 5.41) is 77.7. The van der Waals surface area contributed by atoms with Gasteiger partial charge in [0.25, 0.3) is 0 Å². The van der Waals surface area contributed by atoms with Gasteiger partial charge in [-0.3, -0.25) is 0 Å². The predicted molar refractivity (Wildman–Crippen MR) is 109 cm³/mol. The maximum Gasteiger partial charge on any atom is 0.341 e. The molecule has 0 saturated heterocycles. The molecule has 8 N–H and O–H groups in total. The number of halogens is 2. The number of fused-ring (bicyclic) bond motifs is 1. The van der Waals surface area contributed by atoms with Gasteiger partial charge in [-0.25, -0.2) is 13.6 Å². The third kappa shape index (κ3) is 3.82. The van der Waals surface area contributed by atoms with Gasteiger partial charge in [-0.2, -0.15) is 0 Å². The fraction of sp³-hybridized carbons (Fsp3) is 0.136. The molecule has 3 aromatic rings. The number of phenolic OH excluding ortho intramolecular Hbond substituents is 8. The molecular weight excluding hydrogens is 478 g/mol. The van der Waals surface area contributed by atoms with Crippen LogP contribution in [0.3, 0.4) is 0 Å². The Morgan fingerprint density at radius 1 is 0.800 bits per heavy atom. The predicted octanol–water partition coefficient (Wildman–Crippen LogP) is 2.51. The molecule has 35 heavy (non-hydrogen) atoms. The van der Waals surface area contributed by atoms with E-state index < -0.39 is 93.4 Å². The second kappa shape index (κ2) is 8.20. The van der Waals surface area contributed by atoms with Crippen molar-refractivity contribution >= 4 is 5.97 Å². The summed E-state index contributed by atoms with van der Waals surface area (Å²) in [6.07, 6.45) is -3.70. The van der Waals surface area contributed by atoms with Crippen LogP contribution in [0.1, 0.15) is 27.6 Å². The van der Waals surface area contributed by atoms with Crippen LogP contribution in [-0.2, 0) is 11.2 Å². The smallest absolute Gasteiger partial charge is 0.341 e. The number of benzene rings is 3. The molecule has 184 valence electrons. The van der Waals surface area contributed by atoms with Crippen LogP contribution < -0.4 is 4.74 Å². The van der Waals surface area contributed by atoms with Crippen molar-refractivity contribution in [1.82, 2.24) is 0 Å². The average molecular weight is 494 g/mol. The van der Waals surface area contributed by atoms with Gasteiger partial charge in [-0.15, -0.1) is 0 Å². The minimum Gasteiger partial charge on any atom is -0.508 e. The van der Waals surface area contributed by atoms with Gasteiger partial charge in [0.2, 0.25) is 11.5 Å². The SMILES string of the molecule is O=C(O[C@@H]1Cc2c(O)cc(O)cc2O[C@H]1c1cc(O)c(O)c(O)c1F)c1cc(O)c(O)c(O)c1F. The molecule has 2 atom stereocenters. The number of aromatic hydroxyl groups is 8. The highest BCUT2D eigenvalue weighted by Gasteiger charge is 2.40. The quantitative estimate of drug-likeness (QED) is 0.197. The van der Waals surface area contributed by atoms with Crippen LogP contribution in [0, 0.1) is 11.6 Å². The number of carbonyl (C=O) groups is 1.